The lowest BCUT2D eigenvalue weighted by Crippen LogP contribution is -2.42. The Balaban J connectivity index is 1.79. The fourth-order valence-corrected chi connectivity index (χ4v) is 3.55. The molecule has 0 radical (unpaired) electrons. The average molecular weight is 442 g/mol. The number of fused-ring (bicyclic) bond motifs is 1. The van der Waals surface area contributed by atoms with Crippen molar-refractivity contribution in [3.05, 3.63) is 48.0 Å². The van der Waals surface area contributed by atoms with Crippen LogP contribution in [-0.2, 0) is 4.74 Å². The number of rotatable bonds is 4. The molecule has 1 unspecified atom stereocenters. The fourth-order valence-electron chi connectivity index (χ4n) is 3.55. The van der Waals surface area contributed by atoms with Crippen LogP contribution < -0.4 is 25.4 Å². The molecule has 0 saturated heterocycles. The number of hydrogen-bond donors (Lipinski definition) is 3. The SMILES string of the molecule is COc1ccccc1NC(=O)NC1CC(C)(C)Oc2ccc(NC(=O)OC(C)(C)C)cc21. The fraction of sp³-hybridized carbons (Fsp3) is 0.417. The smallest absolute Gasteiger partial charge is 0.412 e. The number of nitrogens with one attached hydrogen (secondary N) is 3. The van der Waals surface area contributed by atoms with Gasteiger partial charge in [-0.25, -0.2) is 9.59 Å². The largest absolute Gasteiger partial charge is 0.495 e. The van der Waals surface area contributed by atoms with Gasteiger partial charge in [0, 0.05) is 17.7 Å². The van der Waals surface area contributed by atoms with Crippen molar-refractivity contribution < 1.29 is 23.8 Å². The summed E-state index contributed by atoms with van der Waals surface area (Å²) in [4.78, 5) is 24.9. The number of amides is 3. The molecule has 1 aliphatic rings. The van der Waals surface area contributed by atoms with E-state index in [0.29, 0.717) is 29.3 Å². The van der Waals surface area contributed by atoms with Gasteiger partial charge in [-0.2, -0.15) is 0 Å². The number of methoxy groups -OCH3 is 1. The van der Waals surface area contributed by atoms with E-state index in [1.807, 2.05) is 26.0 Å². The second-order valence-corrected chi connectivity index (χ2v) is 9.30. The molecule has 1 heterocycles. The van der Waals surface area contributed by atoms with Gasteiger partial charge in [-0.05, 0) is 65.0 Å². The number of ether oxygens (including phenoxy) is 3. The highest BCUT2D eigenvalue weighted by Gasteiger charge is 2.35. The van der Waals surface area contributed by atoms with Crippen molar-refractivity contribution in [3.63, 3.8) is 0 Å². The van der Waals surface area contributed by atoms with E-state index in [1.165, 1.54) is 0 Å². The summed E-state index contributed by atoms with van der Waals surface area (Å²) in [5.74, 6) is 1.22. The summed E-state index contributed by atoms with van der Waals surface area (Å²) in [5, 5.41) is 8.59. The summed E-state index contributed by atoms with van der Waals surface area (Å²) in [6.45, 7) is 9.34. The maximum absolute atomic E-state index is 12.8. The van der Waals surface area contributed by atoms with Crippen LogP contribution >= 0.6 is 0 Å². The number of urea groups is 1. The average Bonchev–Trinajstić information content (AvgIpc) is 2.66. The lowest BCUT2D eigenvalue weighted by Gasteiger charge is -2.38. The molecule has 0 fully saturated rings. The Bertz CT molecular complexity index is 997. The van der Waals surface area contributed by atoms with Crippen LogP contribution in [0.15, 0.2) is 42.5 Å². The summed E-state index contributed by atoms with van der Waals surface area (Å²) in [6, 6.07) is 11.8. The quantitative estimate of drug-likeness (QED) is 0.585. The van der Waals surface area contributed by atoms with Crippen LogP contribution in [0.3, 0.4) is 0 Å². The molecule has 0 aliphatic carbocycles. The number of anilines is 2. The second-order valence-electron chi connectivity index (χ2n) is 9.30. The van der Waals surface area contributed by atoms with Gasteiger partial charge in [0.2, 0.25) is 0 Å². The Morgan fingerprint density at radius 1 is 1.09 bits per heavy atom. The van der Waals surface area contributed by atoms with E-state index in [9.17, 15) is 9.59 Å². The van der Waals surface area contributed by atoms with Gasteiger partial charge in [-0.15, -0.1) is 0 Å². The van der Waals surface area contributed by atoms with Gasteiger partial charge in [0.15, 0.2) is 0 Å². The number of carbonyl (C=O) groups is 2. The highest BCUT2D eigenvalue weighted by atomic mass is 16.6. The van der Waals surface area contributed by atoms with Gasteiger partial charge in [-0.1, -0.05) is 12.1 Å². The molecule has 1 atom stereocenters. The second kappa shape index (κ2) is 8.98. The Kier molecular flexibility index (Phi) is 6.52. The molecule has 1 aliphatic heterocycles. The third-order valence-corrected chi connectivity index (χ3v) is 4.77. The molecule has 0 bridgehead atoms. The predicted molar refractivity (Wildman–Crippen MR) is 124 cm³/mol. The summed E-state index contributed by atoms with van der Waals surface area (Å²) < 4.78 is 16.7. The van der Waals surface area contributed by atoms with Gasteiger partial charge in [0.05, 0.1) is 18.8 Å². The van der Waals surface area contributed by atoms with Crippen LogP contribution in [0.2, 0.25) is 0 Å². The highest BCUT2D eigenvalue weighted by Crippen LogP contribution is 2.41. The summed E-state index contributed by atoms with van der Waals surface area (Å²) in [5.41, 5.74) is 0.812. The van der Waals surface area contributed by atoms with Crippen LogP contribution in [0, 0.1) is 0 Å². The van der Waals surface area contributed by atoms with Gasteiger partial charge in [-0.3, -0.25) is 5.32 Å². The number of carbonyl (C=O) groups excluding carboxylic acids is 2. The van der Waals surface area contributed by atoms with Crippen LogP contribution in [0.25, 0.3) is 0 Å². The van der Waals surface area contributed by atoms with Gasteiger partial charge < -0.3 is 24.8 Å². The topological polar surface area (TPSA) is 97.9 Å². The molecule has 8 nitrogen and oxygen atoms in total. The minimum atomic E-state index is -0.605. The first-order valence-electron chi connectivity index (χ1n) is 10.5. The molecule has 8 heteroatoms. The molecule has 3 N–H and O–H groups in total. The van der Waals surface area contributed by atoms with Crippen molar-refractivity contribution in [3.8, 4) is 11.5 Å². The number of benzene rings is 2. The molecular weight excluding hydrogens is 410 g/mol. The standard InChI is InChI=1S/C24H31N3O5/c1-23(2,3)32-22(29)25-15-11-12-19-16(13-15)18(14-24(4,5)31-19)27-21(28)26-17-9-7-8-10-20(17)30-6/h7-13,18H,14H2,1-6H3,(H,25,29)(H2,26,27,28). The van der Waals surface area contributed by atoms with E-state index in [0.717, 1.165) is 5.56 Å². The van der Waals surface area contributed by atoms with Crippen molar-refractivity contribution in [1.29, 1.82) is 0 Å². The Morgan fingerprint density at radius 2 is 1.81 bits per heavy atom. The van der Waals surface area contributed by atoms with Crippen LogP contribution in [0.5, 0.6) is 11.5 Å². The first kappa shape index (κ1) is 23.2. The van der Waals surface area contributed by atoms with Crippen LogP contribution in [-0.4, -0.2) is 30.4 Å². The van der Waals surface area contributed by atoms with E-state index < -0.39 is 17.3 Å². The molecule has 2 aromatic carbocycles. The number of hydrogen-bond acceptors (Lipinski definition) is 5. The third kappa shape index (κ3) is 6.06. The summed E-state index contributed by atoms with van der Waals surface area (Å²) >= 11 is 0. The van der Waals surface area contributed by atoms with Gasteiger partial charge >= 0.3 is 12.1 Å². The molecule has 3 rings (SSSR count). The normalized spacial score (nSPS) is 16.8. The third-order valence-electron chi connectivity index (χ3n) is 4.77. The van der Waals surface area contributed by atoms with E-state index >= 15 is 0 Å². The monoisotopic (exact) mass is 441 g/mol. The molecular formula is C24H31N3O5. The number of para-hydroxylation sites is 2. The molecule has 0 spiro atoms. The first-order valence-corrected chi connectivity index (χ1v) is 10.5. The molecule has 172 valence electrons. The Morgan fingerprint density at radius 3 is 2.50 bits per heavy atom. The molecule has 32 heavy (non-hydrogen) atoms. The Labute approximate surface area is 188 Å². The van der Waals surface area contributed by atoms with Crippen molar-refractivity contribution in [1.82, 2.24) is 5.32 Å². The zero-order chi connectivity index (χ0) is 23.5. The van der Waals surface area contributed by atoms with E-state index in [-0.39, 0.29) is 12.1 Å². The van der Waals surface area contributed by atoms with Gasteiger partial charge in [0.1, 0.15) is 22.7 Å². The minimum absolute atomic E-state index is 0.330. The molecule has 0 aromatic heterocycles. The highest BCUT2D eigenvalue weighted by molar-refractivity contribution is 5.91. The van der Waals surface area contributed by atoms with E-state index in [1.54, 1.807) is 58.2 Å². The molecule has 3 amide bonds. The maximum Gasteiger partial charge on any atom is 0.412 e. The summed E-state index contributed by atoms with van der Waals surface area (Å²) in [7, 11) is 1.55. The molecule has 0 saturated carbocycles. The Hall–Kier alpha value is -3.42. The lowest BCUT2D eigenvalue weighted by molar-refractivity contribution is 0.0631. The van der Waals surface area contributed by atoms with Gasteiger partial charge in [0.25, 0.3) is 0 Å². The summed E-state index contributed by atoms with van der Waals surface area (Å²) in [6.07, 6.45) is 0.00262. The zero-order valence-electron chi connectivity index (χ0n) is 19.4. The predicted octanol–water partition coefficient (Wildman–Crippen LogP) is 5.47. The zero-order valence-corrected chi connectivity index (χ0v) is 19.4. The lowest BCUT2D eigenvalue weighted by atomic mass is 9.89. The van der Waals surface area contributed by atoms with Crippen LogP contribution in [0.4, 0.5) is 21.0 Å². The van der Waals surface area contributed by atoms with E-state index in [4.69, 9.17) is 14.2 Å². The first-order chi connectivity index (χ1) is 15.0. The van der Waals surface area contributed by atoms with Crippen molar-refractivity contribution in [2.24, 2.45) is 0 Å². The van der Waals surface area contributed by atoms with Crippen LogP contribution in [0.1, 0.15) is 52.6 Å². The molecule has 2 aromatic rings. The van der Waals surface area contributed by atoms with Crippen molar-refractivity contribution in [2.75, 3.05) is 17.7 Å². The maximum atomic E-state index is 12.8. The van der Waals surface area contributed by atoms with E-state index in [2.05, 4.69) is 16.0 Å². The van der Waals surface area contributed by atoms with Crippen molar-refractivity contribution in [2.45, 2.75) is 58.3 Å². The van der Waals surface area contributed by atoms with Crippen molar-refractivity contribution >= 4 is 23.5 Å². The minimum Gasteiger partial charge on any atom is -0.495 e.